The number of hydrogen-bond donors (Lipinski definition) is 2. The summed E-state index contributed by atoms with van der Waals surface area (Å²) in [6.07, 6.45) is 0.0474. The highest BCUT2D eigenvalue weighted by Crippen LogP contribution is 2.31. The van der Waals surface area contributed by atoms with Gasteiger partial charge in [-0.25, -0.2) is 0 Å². The Hall–Kier alpha value is -2.11. The Labute approximate surface area is 152 Å². The largest absolute Gasteiger partial charge is 0.416 e. The Morgan fingerprint density at radius 1 is 0.808 bits per heavy atom. The molecule has 0 aromatic heterocycles. The van der Waals surface area contributed by atoms with Crippen LogP contribution in [0.15, 0.2) is 60.7 Å². The second-order valence-corrected chi connectivity index (χ2v) is 6.85. The topological polar surface area (TPSA) is 8.88 Å². The monoisotopic (exact) mass is 362 g/mol. The fourth-order valence-electron chi connectivity index (χ4n) is 3.48. The van der Waals surface area contributed by atoms with Gasteiger partial charge in [-0.05, 0) is 17.7 Å². The fourth-order valence-corrected chi connectivity index (χ4v) is 3.48. The quantitative estimate of drug-likeness (QED) is 0.801. The molecular weight excluding hydrogens is 337 g/mol. The maximum absolute atomic E-state index is 13.1. The molecule has 1 aliphatic heterocycles. The zero-order valence-corrected chi connectivity index (χ0v) is 14.7. The first-order valence-corrected chi connectivity index (χ1v) is 9.06. The Bertz CT molecular complexity index is 718. The molecule has 0 aliphatic carbocycles. The van der Waals surface area contributed by atoms with Crippen molar-refractivity contribution in [3.05, 3.63) is 77.4 Å². The Morgan fingerprint density at radius 2 is 1.42 bits per heavy atom. The van der Waals surface area contributed by atoms with E-state index in [4.69, 9.17) is 0 Å². The summed E-state index contributed by atoms with van der Waals surface area (Å²) in [5.74, 6) is 0. The summed E-state index contributed by atoms with van der Waals surface area (Å²) in [6.45, 7) is 5.19. The second kappa shape index (κ2) is 8.52. The van der Waals surface area contributed by atoms with Crippen molar-refractivity contribution in [1.82, 2.24) is 0 Å². The van der Waals surface area contributed by atoms with E-state index in [1.807, 2.05) is 18.2 Å². The Balaban J connectivity index is 1.49. The molecule has 26 heavy (non-hydrogen) atoms. The number of quaternary nitrogens is 2. The molecule has 1 heterocycles. The van der Waals surface area contributed by atoms with Crippen LogP contribution in [-0.4, -0.2) is 32.7 Å². The number of alkyl halides is 3. The van der Waals surface area contributed by atoms with Gasteiger partial charge in [0.1, 0.15) is 32.7 Å². The molecule has 2 aromatic carbocycles. The smallest absolute Gasteiger partial charge is 0.322 e. The van der Waals surface area contributed by atoms with Gasteiger partial charge < -0.3 is 9.80 Å². The molecule has 0 saturated carbocycles. The summed E-state index contributed by atoms with van der Waals surface area (Å²) in [6, 6.07) is 16.1. The van der Waals surface area contributed by atoms with Gasteiger partial charge in [-0.3, -0.25) is 0 Å². The van der Waals surface area contributed by atoms with E-state index in [0.29, 0.717) is 12.1 Å². The summed E-state index contributed by atoms with van der Waals surface area (Å²) >= 11 is 0. The first-order chi connectivity index (χ1) is 12.5. The van der Waals surface area contributed by atoms with Crippen molar-refractivity contribution in [3.63, 3.8) is 0 Å². The van der Waals surface area contributed by atoms with E-state index < -0.39 is 11.7 Å². The summed E-state index contributed by atoms with van der Waals surface area (Å²) in [5, 5.41) is 0. The van der Waals surface area contributed by atoms with Gasteiger partial charge in [-0.15, -0.1) is 0 Å². The van der Waals surface area contributed by atoms with Crippen LogP contribution in [0.25, 0.3) is 6.08 Å². The van der Waals surface area contributed by atoms with Crippen LogP contribution in [0.5, 0.6) is 0 Å². The van der Waals surface area contributed by atoms with Crippen LogP contribution in [0.4, 0.5) is 13.2 Å². The molecule has 0 bridgehead atoms. The van der Waals surface area contributed by atoms with Crippen molar-refractivity contribution in [3.8, 4) is 0 Å². The van der Waals surface area contributed by atoms with E-state index in [9.17, 15) is 13.2 Å². The Morgan fingerprint density at radius 3 is 2.12 bits per heavy atom. The molecule has 138 valence electrons. The Kier molecular flexibility index (Phi) is 6.12. The molecule has 1 aliphatic rings. The van der Waals surface area contributed by atoms with E-state index in [1.165, 1.54) is 27.5 Å². The van der Waals surface area contributed by atoms with Crippen LogP contribution in [0.1, 0.15) is 16.7 Å². The maximum atomic E-state index is 13.1. The van der Waals surface area contributed by atoms with Gasteiger partial charge in [0.05, 0.1) is 12.1 Å². The van der Waals surface area contributed by atoms with Gasteiger partial charge in [0.25, 0.3) is 0 Å². The van der Waals surface area contributed by atoms with E-state index >= 15 is 0 Å². The highest BCUT2D eigenvalue weighted by molar-refractivity contribution is 5.48. The van der Waals surface area contributed by atoms with Crippen LogP contribution >= 0.6 is 0 Å². The van der Waals surface area contributed by atoms with Gasteiger partial charge in [-0.2, -0.15) is 13.2 Å². The first-order valence-electron chi connectivity index (χ1n) is 9.06. The lowest BCUT2D eigenvalue weighted by molar-refractivity contribution is -1.02. The summed E-state index contributed by atoms with van der Waals surface area (Å²) in [4.78, 5) is 2.72. The summed E-state index contributed by atoms with van der Waals surface area (Å²) < 4.78 is 39.4. The van der Waals surface area contributed by atoms with E-state index in [2.05, 4.69) is 24.3 Å². The van der Waals surface area contributed by atoms with Crippen molar-refractivity contribution >= 4 is 6.08 Å². The third-order valence-corrected chi connectivity index (χ3v) is 4.94. The van der Waals surface area contributed by atoms with Gasteiger partial charge in [-0.1, -0.05) is 54.6 Å². The average Bonchev–Trinajstić information content (AvgIpc) is 2.64. The molecule has 0 spiro atoms. The summed E-state index contributed by atoms with van der Waals surface area (Å²) in [7, 11) is 0. The molecule has 5 heteroatoms. The van der Waals surface area contributed by atoms with E-state index in [0.717, 1.165) is 32.7 Å². The number of benzene rings is 2. The second-order valence-electron chi connectivity index (χ2n) is 6.85. The highest BCUT2D eigenvalue weighted by Gasteiger charge is 2.34. The van der Waals surface area contributed by atoms with Crippen LogP contribution in [-0.2, 0) is 12.7 Å². The van der Waals surface area contributed by atoms with Crippen LogP contribution < -0.4 is 9.80 Å². The zero-order chi connectivity index (χ0) is 18.4. The van der Waals surface area contributed by atoms with Gasteiger partial charge in [0, 0.05) is 5.56 Å². The van der Waals surface area contributed by atoms with Crippen molar-refractivity contribution in [2.45, 2.75) is 12.7 Å². The van der Waals surface area contributed by atoms with Crippen molar-refractivity contribution in [2.75, 3.05) is 32.7 Å². The minimum Gasteiger partial charge on any atom is -0.322 e. The molecule has 0 amide bonds. The van der Waals surface area contributed by atoms with Crippen molar-refractivity contribution in [1.29, 1.82) is 0 Å². The number of rotatable bonds is 5. The van der Waals surface area contributed by atoms with Gasteiger partial charge >= 0.3 is 6.18 Å². The number of nitrogens with one attached hydrogen (secondary N) is 2. The number of halogens is 3. The summed E-state index contributed by atoms with van der Waals surface area (Å²) in [5.41, 5.74) is 1.11. The molecule has 1 saturated heterocycles. The third kappa shape index (κ3) is 5.19. The predicted molar refractivity (Wildman–Crippen MR) is 96.9 cm³/mol. The molecule has 1 fully saturated rings. The fraction of sp³-hybridized carbons (Fsp3) is 0.333. The van der Waals surface area contributed by atoms with Crippen molar-refractivity contribution < 1.29 is 23.0 Å². The number of hydrogen-bond acceptors (Lipinski definition) is 0. The molecule has 3 rings (SSSR count). The van der Waals surface area contributed by atoms with Crippen LogP contribution in [0.2, 0.25) is 0 Å². The lowest BCUT2D eigenvalue weighted by atomic mass is 10.1. The van der Waals surface area contributed by atoms with Gasteiger partial charge in [0.2, 0.25) is 0 Å². The SMILES string of the molecule is FC(F)(F)c1ccccc1C[NH+]1CC[NH+](C/C=C/c2ccccc2)CC1. The zero-order valence-electron chi connectivity index (χ0n) is 14.7. The minimum atomic E-state index is -4.27. The maximum Gasteiger partial charge on any atom is 0.416 e. The molecule has 0 radical (unpaired) electrons. The lowest BCUT2D eigenvalue weighted by Gasteiger charge is -2.29. The molecule has 2 aromatic rings. The van der Waals surface area contributed by atoms with E-state index in [1.54, 1.807) is 12.1 Å². The first kappa shape index (κ1) is 18.7. The van der Waals surface area contributed by atoms with E-state index in [-0.39, 0.29) is 0 Å². The lowest BCUT2D eigenvalue weighted by Crippen LogP contribution is -3.27. The molecule has 2 N–H and O–H groups in total. The normalized spacial score (nSPS) is 21.2. The molecular formula is C21H25F3N2+2. The molecule has 0 atom stereocenters. The molecule has 2 nitrogen and oxygen atoms in total. The van der Waals surface area contributed by atoms with Crippen LogP contribution in [0, 0.1) is 0 Å². The standard InChI is InChI=1S/C21H23F3N2/c22-21(23,24)20-11-5-4-10-19(20)17-26-15-13-25(14-16-26)12-6-9-18-7-2-1-3-8-18/h1-11H,12-17H2/p+2/b9-6+. The minimum absolute atomic E-state index is 0.405. The number of piperazine rings is 1. The predicted octanol–water partition coefficient (Wildman–Crippen LogP) is 1.70. The highest BCUT2D eigenvalue weighted by atomic mass is 19.4. The third-order valence-electron chi connectivity index (χ3n) is 4.94. The van der Waals surface area contributed by atoms with Crippen molar-refractivity contribution in [2.24, 2.45) is 0 Å². The van der Waals surface area contributed by atoms with Gasteiger partial charge in [0.15, 0.2) is 0 Å². The van der Waals surface area contributed by atoms with Crippen LogP contribution in [0.3, 0.4) is 0 Å². The average molecular weight is 362 g/mol. The molecule has 0 unspecified atom stereocenters.